The van der Waals surface area contributed by atoms with E-state index in [2.05, 4.69) is 15.4 Å². The summed E-state index contributed by atoms with van der Waals surface area (Å²) in [5.41, 5.74) is 0.0770. The molecule has 0 spiro atoms. The molecule has 1 unspecified atom stereocenters. The standard InChI is InChI=1S/C13H17ClN4O3/c1-8-6-15-12(21-8)9(2)17-10-7-16-18(4-5-20-3)13(19)11(10)14/h6-7,9,17H,4-5H2,1-3H3. The van der Waals surface area contributed by atoms with Crippen LogP contribution in [0.15, 0.2) is 21.6 Å². The minimum Gasteiger partial charge on any atom is -0.444 e. The van der Waals surface area contributed by atoms with Crippen LogP contribution in [-0.4, -0.2) is 28.5 Å². The van der Waals surface area contributed by atoms with E-state index in [-0.39, 0.29) is 16.6 Å². The van der Waals surface area contributed by atoms with Gasteiger partial charge in [0, 0.05) is 7.11 Å². The highest BCUT2D eigenvalue weighted by molar-refractivity contribution is 6.32. The van der Waals surface area contributed by atoms with Crippen LogP contribution in [0, 0.1) is 6.92 Å². The second kappa shape index (κ2) is 6.73. The molecule has 0 aromatic carbocycles. The van der Waals surface area contributed by atoms with E-state index in [4.69, 9.17) is 20.8 Å². The largest absolute Gasteiger partial charge is 0.444 e. The van der Waals surface area contributed by atoms with Crippen molar-refractivity contribution >= 4 is 17.3 Å². The summed E-state index contributed by atoms with van der Waals surface area (Å²) in [4.78, 5) is 16.2. The van der Waals surface area contributed by atoms with Crippen molar-refractivity contribution in [1.82, 2.24) is 14.8 Å². The lowest BCUT2D eigenvalue weighted by Crippen LogP contribution is -2.26. The molecule has 1 atom stereocenters. The SMILES string of the molecule is COCCn1ncc(NC(C)c2ncc(C)o2)c(Cl)c1=O. The van der Waals surface area contributed by atoms with E-state index in [0.29, 0.717) is 24.7 Å². The average molecular weight is 313 g/mol. The zero-order valence-corrected chi connectivity index (χ0v) is 12.8. The normalized spacial score (nSPS) is 12.4. The Bertz CT molecular complexity index is 668. The van der Waals surface area contributed by atoms with Gasteiger partial charge in [-0.25, -0.2) is 9.67 Å². The minimum absolute atomic E-state index is 0.0798. The van der Waals surface area contributed by atoms with Gasteiger partial charge in [-0.05, 0) is 13.8 Å². The second-order valence-corrected chi connectivity index (χ2v) is 4.95. The number of oxazole rings is 1. The number of nitrogens with zero attached hydrogens (tertiary/aromatic N) is 3. The first-order valence-corrected chi connectivity index (χ1v) is 6.84. The van der Waals surface area contributed by atoms with Gasteiger partial charge in [0.05, 0.1) is 31.2 Å². The molecule has 2 rings (SSSR count). The van der Waals surface area contributed by atoms with Crippen molar-refractivity contribution in [1.29, 1.82) is 0 Å². The smallest absolute Gasteiger partial charge is 0.287 e. The Hall–Kier alpha value is -1.86. The fourth-order valence-electron chi connectivity index (χ4n) is 1.77. The number of halogens is 1. The number of methoxy groups -OCH3 is 1. The maximum absolute atomic E-state index is 12.1. The third-order valence-electron chi connectivity index (χ3n) is 2.87. The van der Waals surface area contributed by atoms with Crippen molar-refractivity contribution < 1.29 is 9.15 Å². The van der Waals surface area contributed by atoms with Gasteiger partial charge < -0.3 is 14.5 Å². The molecule has 114 valence electrons. The molecule has 2 aromatic heterocycles. The lowest BCUT2D eigenvalue weighted by atomic mass is 10.3. The van der Waals surface area contributed by atoms with Crippen LogP contribution in [0.2, 0.25) is 5.02 Å². The second-order valence-electron chi connectivity index (χ2n) is 4.57. The Morgan fingerprint density at radius 2 is 2.29 bits per heavy atom. The Balaban J connectivity index is 2.17. The van der Waals surface area contributed by atoms with Crippen molar-refractivity contribution in [2.75, 3.05) is 19.0 Å². The van der Waals surface area contributed by atoms with Crippen LogP contribution in [0.4, 0.5) is 5.69 Å². The number of ether oxygens (including phenoxy) is 1. The molecule has 0 aliphatic heterocycles. The fraction of sp³-hybridized carbons (Fsp3) is 0.462. The van der Waals surface area contributed by atoms with Gasteiger partial charge in [0.2, 0.25) is 5.89 Å². The molecule has 2 aromatic rings. The fourth-order valence-corrected chi connectivity index (χ4v) is 1.97. The summed E-state index contributed by atoms with van der Waals surface area (Å²) in [6, 6.07) is -0.229. The molecule has 8 heteroatoms. The van der Waals surface area contributed by atoms with Crippen molar-refractivity contribution in [2.45, 2.75) is 26.4 Å². The number of rotatable bonds is 6. The van der Waals surface area contributed by atoms with Crippen LogP contribution in [0.1, 0.15) is 24.6 Å². The van der Waals surface area contributed by atoms with Crippen LogP contribution in [-0.2, 0) is 11.3 Å². The first kappa shape index (κ1) is 15.5. The topological polar surface area (TPSA) is 82.2 Å². The molecule has 21 heavy (non-hydrogen) atoms. The monoisotopic (exact) mass is 312 g/mol. The molecule has 2 heterocycles. The molecule has 0 amide bonds. The van der Waals surface area contributed by atoms with Gasteiger partial charge in [-0.15, -0.1) is 0 Å². The van der Waals surface area contributed by atoms with E-state index in [9.17, 15) is 4.79 Å². The average Bonchev–Trinajstić information content (AvgIpc) is 2.90. The van der Waals surface area contributed by atoms with Gasteiger partial charge in [-0.3, -0.25) is 4.79 Å². The Labute approximate surface area is 126 Å². The quantitative estimate of drug-likeness (QED) is 0.878. The third kappa shape index (κ3) is 3.62. The summed E-state index contributed by atoms with van der Waals surface area (Å²) in [6.07, 6.45) is 3.14. The molecule has 0 saturated carbocycles. The van der Waals surface area contributed by atoms with E-state index in [1.165, 1.54) is 10.9 Å². The van der Waals surface area contributed by atoms with Crippen LogP contribution < -0.4 is 10.9 Å². The molecule has 0 bridgehead atoms. The lowest BCUT2D eigenvalue weighted by molar-refractivity contribution is 0.182. The van der Waals surface area contributed by atoms with Gasteiger partial charge in [0.25, 0.3) is 5.56 Å². The molecule has 7 nitrogen and oxygen atoms in total. The Morgan fingerprint density at radius 1 is 1.52 bits per heavy atom. The van der Waals surface area contributed by atoms with Gasteiger partial charge in [0.15, 0.2) is 0 Å². The van der Waals surface area contributed by atoms with Crippen molar-refractivity contribution in [3.8, 4) is 0 Å². The first-order chi connectivity index (χ1) is 10.0. The molecule has 0 aliphatic rings. The number of anilines is 1. The summed E-state index contributed by atoms with van der Waals surface area (Å²) < 4.78 is 11.6. The van der Waals surface area contributed by atoms with E-state index in [0.717, 1.165) is 5.76 Å². The number of hydrogen-bond donors (Lipinski definition) is 1. The van der Waals surface area contributed by atoms with Crippen molar-refractivity contribution in [3.05, 3.63) is 39.4 Å². The van der Waals surface area contributed by atoms with Crippen molar-refractivity contribution in [2.24, 2.45) is 0 Å². The summed E-state index contributed by atoms with van der Waals surface area (Å²) in [5, 5.41) is 7.20. The van der Waals surface area contributed by atoms with E-state index in [1.54, 1.807) is 13.3 Å². The maximum atomic E-state index is 12.1. The van der Waals surface area contributed by atoms with Crippen molar-refractivity contribution in [3.63, 3.8) is 0 Å². The lowest BCUT2D eigenvalue weighted by Gasteiger charge is -2.13. The van der Waals surface area contributed by atoms with Gasteiger partial charge in [-0.2, -0.15) is 5.10 Å². The van der Waals surface area contributed by atoms with Crippen LogP contribution >= 0.6 is 11.6 Å². The Kier molecular flexibility index (Phi) is 4.98. The Morgan fingerprint density at radius 3 is 2.90 bits per heavy atom. The highest BCUT2D eigenvalue weighted by Gasteiger charge is 2.15. The van der Waals surface area contributed by atoms with Gasteiger partial charge in [-0.1, -0.05) is 11.6 Å². The molecular weight excluding hydrogens is 296 g/mol. The highest BCUT2D eigenvalue weighted by atomic mass is 35.5. The third-order valence-corrected chi connectivity index (χ3v) is 3.24. The summed E-state index contributed by atoms with van der Waals surface area (Å²) in [6.45, 7) is 4.42. The number of aryl methyl sites for hydroxylation is 1. The molecule has 0 fully saturated rings. The zero-order chi connectivity index (χ0) is 15.4. The predicted molar refractivity (Wildman–Crippen MR) is 78.7 cm³/mol. The van der Waals surface area contributed by atoms with Gasteiger partial charge in [0.1, 0.15) is 16.8 Å². The van der Waals surface area contributed by atoms with Gasteiger partial charge >= 0.3 is 0 Å². The van der Waals surface area contributed by atoms with Crippen LogP contribution in [0.3, 0.4) is 0 Å². The summed E-state index contributed by atoms with van der Waals surface area (Å²) in [7, 11) is 1.56. The molecule has 0 saturated heterocycles. The maximum Gasteiger partial charge on any atom is 0.287 e. The summed E-state index contributed by atoms with van der Waals surface area (Å²) in [5.74, 6) is 1.24. The summed E-state index contributed by atoms with van der Waals surface area (Å²) >= 11 is 6.09. The minimum atomic E-state index is -0.366. The number of nitrogens with one attached hydrogen (secondary N) is 1. The molecule has 1 N–H and O–H groups in total. The molecule has 0 aliphatic carbocycles. The van der Waals surface area contributed by atoms with Crippen LogP contribution in [0.5, 0.6) is 0 Å². The van der Waals surface area contributed by atoms with E-state index < -0.39 is 0 Å². The first-order valence-electron chi connectivity index (χ1n) is 6.46. The number of hydrogen-bond acceptors (Lipinski definition) is 6. The van der Waals surface area contributed by atoms with E-state index >= 15 is 0 Å². The van der Waals surface area contributed by atoms with E-state index in [1.807, 2.05) is 13.8 Å². The zero-order valence-electron chi connectivity index (χ0n) is 12.1. The highest BCUT2D eigenvalue weighted by Crippen LogP contribution is 2.22. The van der Waals surface area contributed by atoms with Crippen LogP contribution in [0.25, 0.3) is 0 Å². The molecule has 0 radical (unpaired) electrons. The predicted octanol–water partition coefficient (Wildman–Crippen LogP) is 2.01. The number of aromatic nitrogens is 3. The molecular formula is C13H17ClN4O3.